The van der Waals surface area contributed by atoms with Crippen LogP contribution >= 0.6 is 0 Å². The largest absolute Gasteiger partial charge is 0.490 e. The summed E-state index contributed by atoms with van der Waals surface area (Å²) in [6.45, 7) is 0.0535. The molecule has 0 amide bonds. The fraction of sp³-hybridized carbons (Fsp3) is 0.208. The maximum atomic E-state index is 14.5. The van der Waals surface area contributed by atoms with Crippen molar-refractivity contribution in [1.29, 1.82) is 5.26 Å². The van der Waals surface area contributed by atoms with Crippen molar-refractivity contribution in [3.8, 4) is 23.2 Å². The van der Waals surface area contributed by atoms with Gasteiger partial charge < -0.3 is 9.84 Å². The average Bonchev–Trinajstić information content (AvgIpc) is 3.42. The number of halogens is 1. The fourth-order valence-electron chi connectivity index (χ4n) is 4.64. The predicted molar refractivity (Wildman–Crippen MR) is 122 cm³/mol. The summed E-state index contributed by atoms with van der Waals surface area (Å²) in [7, 11) is 0. The van der Waals surface area contributed by atoms with Gasteiger partial charge in [-0.25, -0.2) is 23.7 Å². The molecule has 0 aliphatic carbocycles. The minimum atomic E-state index is -0.513. The standard InChI is InChI=1S/C24H18FN7O3/c25-17-3-1-2-15-18(5-9-35-21(15)17)32-23-20(30(7-8-33)24(32)34)13-27-22(29-23)16-12-28-31-6-4-14(11-26)10-19(16)31/h1-4,6,10,12-13,18,33H,5,7-9H2. The monoisotopic (exact) mass is 471 g/mol. The molecule has 1 aliphatic heterocycles. The minimum absolute atomic E-state index is 0.0620. The summed E-state index contributed by atoms with van der Waals surface area (Å²) in [5, 5.41) is 23.2. The van der Waals surface area contributed by atoms with E-state index in [9.17, 15) is 19.6 Å². The smallest absolute Gasteiger partial charge is 0.331 e. The van der Waals surface area contributed by atoms with Crippen LogP contribution in [0.5, 0.6) is 5.75 Å². The number of nitrogens with zero attached hydrogens (tertiary/aromatic N) is 7. The van der Waals surface area contributed by atoms with Crippen molar-refractivity contribution >= 4 is 16.7 Å². The topological polar surface area (TPSA) is 123 Å². The lowest BCUT2D eigenvalue weighted by Gasteiger charge is -2.26. The third-order valence-electron chi connectivity index (χ3n) is 6.23. The summed E-state index contributed by atoms with van der Waals surface area (Å²) in [6, 6.07) is 9.58. The van der Waals surface area contributed by atoms with Gasteiger partial charge in [-0.05, 0) is 18.2 Å². The summed E-state index contributed by atoms with van der Waals surface area (Å²) >= 11 is 0. The molecule has 5 heterocycles. The number of fused-ring (bicyclic) bond motifs is 3. The number of nitriles is 1. The summed E-state index contributed by atoms with van der Waals surface area (Å²) < 4.78 is 24.6. The molecule has 1 atom stereocenters. The number of rotatable bonds is 4. The van der Waals surface area contributed by atoms with Gasteiger partial charge in [0, 0.05) is 18.2 Å². The second-order valence-electron chi connectivity index (χ2n) is 8.16. The van der Waals surface area contributed by atoms with Gasteiger partial charge in [0.2, 0.25) is 0 Å². The molecule has 1 aromatic carbocycles. The lowest BCUT2D eigenvalue weighted by Crippen LogP contribution is -2.31. The van der Waals surface area contributed by atoms with Crippen LogP contribution < -0.4 is 10.4 Å². The normalized spacial score (nSPS) is 15.2. The first-order valence-electron chi connectivity index (χ1n) is 11.0. The molecule has 6 rings (SSSR count). The fourth-order valence-corrected chi connectivity index (χ4v) is 4.64. The number of aliphatic hydroxyl groups is 1. The first-order valence-corrected chi connectivity index (χ1v) is 11.0. The van der Waals surface area contributed by atoms with Gasteiger partial charge in [0.05, 0.1) is 60.9 Å². The van der Waals surface area contributed by atoms with Gasteiger partial charge >= 0.3 is 5.69 Å². The second-order valence-corrected chi connectivity index (χ2v) is 8.16. The Morgan fingerprint density at radius 2 is 2.14 bits per heavy atom. The Morgan fingerprint density at radius 1 is 1.26 bits per heavy atom. The van der Waals surface area contributed by atoms with E-state index in [0.29, 0.717) is 45.6 Å². The molecular weight excluding hydrogens is 453 g/mol. The van der Waals surface area contributed by atoms with Crippen LogP contribution in [0.1, 0.15) is 23.6 Å². The lowest BCUT2D eigenvalue weighted by atomic mass is 10.00. The molecule has 4 aromatic heterocycles. The Labute approximate surface area is 197 Å². The van der Waals surface area contributed by atoms with E-state index in [-0.39, 0.29) is 31.2 Å². The number of hydrogen-bond donors (Lipinski definition) is 1. The summed E-state index contributed by atoms with van der Waals surface area (Å²) in [5.74, 6) is -0.0435. The third kappa shape index (κ3) is 3.18. The van der Waals surface area contributed by atoms with Gasteiger partial charge in [-0.2, -0.15) is 10.4 Å². The molecule has 11 heteroatoms. The van der Waals surface area contributed by atoms with Crippen molar-refractivity contribution in [1.82, 2.24) is 28.7 Å². The van der Waals surface area contributed by atoms with Crippen LogP contribution in [0.2, 0.25) is 0 Å². The van der Waals surface area contributed by atoms with Gasteiger partial charge in [0.1, 0.15) is 5.52 Å². The van der Waals surface area contributed by atoms with Gasteiger partial charge in [-0.1, -0.05) is 12.1 Å². The SMILES string of the molecule is N#Cc1ccn2ncc(-c3ncc4c(n3)n(C3CCOc5c(F)cccc53)c(=O)n4CCO)c2c1. The molecule has 0 radical (unpaired) electrons. The van der Waals surface area contributed by atoms with E-state index in [1.54, 1.807) is 41.2 Å². The molecule has 1 N–H and O–H groups in total. The first-order chi connectivity index (χ1) is 17.1. The maximum Gasteiger partial charge on any atom is 0.331 e. The van der Waals surface area contributed by atoms with Crippen molar-refractivity contribution in [2.45, 2.75) is 19.0 Å². The minimum Gasteiger partial charge on any atom is -0.490 e. The van der Waals surface area contributed by atoms with Crippen molar-refractivity contribution in [3.05, 3.63) is 76.4 Å². The van der Waals surface area contributed by atoms with Crippen LogP contribution in [0.3, 0.4) is 0 Å². The molecule has 0 spiro atoms. The number of benzene rings is 1. The van der Waals surface area contributed by atoms with Crippen molar-refractivity contribution in [3.63, 3.8) is 0 Å². The first kappa shape index (κ1) is 21.0. The van der Waals surface area contributed by atoms with Gasteiger partial charge in [0.25, 0.3) is 0 Å². The van der Waals surface area contributed by atoms with E-state index in [4.69, 9.17) is 9.72 Å². The molecule has 1 unspecified atom stereocenters. The van der Waals surface area contributed by atoms with Crippen LogP contribution in [-0.4, -0.2) is 47.0 Å². The van der Waals surface area contributed by atoms with Crippen LogP contribution in [-0.2, 0) is 6.54 Å². The molecule has 10 nitrogen and oxygen atoms in total. The van der Waals surface area contributed by atoms with Crippen LogP contribution in [0.4, 0.5) is 4.39 Å². The number of ether oxygens (including phenoxy) is 1. The number of imidazole rings is 1. The molecular formula is C24H18FN7O3. The van der Waals surface area contributed by atoms with E-state index >= 15 is 0 Å². The Bertz CT molecular complexity index is 1710. The van der Waals surface area contributed by atoms with Crippen LogP contribution in [0, 0.1) is 17.1 Å². The van der Waals surface area contributed by atoms with E-state index in [2.05, 4.69) is 16.2 Å². The predicted octanol–water partition coefficient (Wildman–Crippen LogP) is 2.28. The molecule has 35 heavy (non-hydrogen) atoms. The quantitative estimate of drug-likeness (QED) is 0.427. The third-order valence-corrected chi connectivity index (χ3v) is 6.23. The highest BCUT2D eigenvalue weighted by molar-refractivity contribution is 5.80. The van der Waals surface area contributed by atoms with Crippen molar-refractivity contribution < 1.29 is 14.2 Å². The number of para-hydroxylation sites is 1. The zero-order chi connectivity index (χ0) is 24.1. The van der Waals surface area contributed by atoms with E-state index in [0.717, 1.165) is 0 Å². The Kier molecular flexibility index (Phi) is 4.82. The number of aromatic nitrogens is 6. The highest BCUT2D eigenvalue weighted by Crippen LogP contribution is 2.37. The Balaban J connectivity index is 1.60. The van der Waals surface area contributed by atoms with Crippen LogP contribution in [0.15, 0.2) is 53.7 Å². The van der Waals surface area contributed by atoms with Gasteiger partial charge in [-0.3, -0.25) is 9.13 Å². The molecule has 0 saturated heterocycles. The van der Waals surface area contributed by atoms with E-state index in [1.165, 1.54) is 21.4 Å². The molecule has 0 saturated carbocycles. The van der Waals surface area contributed by atoms with Gasteiger partial charge in [0.15, 0.2) is 23.0 Å². The summed E-state index contributed by atoms with van der Waals surface area (Å²) in [4.78, 5) is 22.7. The highest BCUT2D eigenvalue weighted by Gasteiger charge is 2.30. The zero-order valence-electron chi connectivity index (χ0n) is 18.3. The summed E-state index contributed by atoms with van der Waals surface area (Å²) in [6.07, 6.45) is 5.26. The lowest BCUT2D eigenvalue weighted by molar-refractivity contribution is 0.242. The van der Waals surface area contributed by atoms with E-state index < -0.39 is 11.9 Å². The average molecular weight is 471 g/mol. The summed E-state index contributed by atoms with van der Waals surface area (Å²) in [5.41, 5.74) is 2.68. The highest BCUT2D eigenvalue weighted by atomic mass is 19.1. The molecule has 174 valence electrons. The van der Waals surface area contributed by atoms with Crippen molar-refractivity contribution in [2.24, 2.45) is 0 Å². The number of aliphatic hydroxyl groups excluding tert-OH is 1. The Hall–Kier alpha value is -4.56. The Morgan fingerprint density at radius 3 is 2.97 bits per heavy atom. The second kappa shape index (κ2) is 8.03. The molecule has 1 aliphatic rings. The zero-order valence-corrected chi connectivity index (χ0v) is 18.3. The van der Waals surface area contributed by atoms with E-state index in [1.807, 2.05) is 0 Å². The van der Waals surface area contributed by atoms with Gasteiger partial charge in [-0.15, -0.1) is 0 Å². The molecule has 5 aromatic rings. The van der Waals surface area contributed by atoms with Crippen LogP contribution in [0.25, 0.3) is 28.1 Å². The maximum absolute atomic E-state index is 14.5. The molecule has 0 bridgehead atoms. The molecule has 0 fully saturated rings. The number of hydrogen-bond acceptors (Lipinski definition) is 7. The van der Waals surface area contributed by atoms with Crippen molar-refractivity contribution in [2.75, 3.05) is 13.2 Å². The number of pyridine rings is 1.